The van der Waals surface area contributed by atoms with Crippen LogP contribution < -0.4 is 10.6 Å². The van der Waals surface area contributed by atoms with Crippen LogP contribution in [0.5, 0.6) is 0 Å². The van der Waals surface area contributed by atoms with Crippen LogP contribution in [0, 0.1) is 5.92 Å². The fourth-order valence-corrected chi connectivity index (χ4v) is 3.96. The number of guanidine groups is 1. The lowest BCUT2D eigenvalue weighted by atomic mass is 9.86. The lowest BCUT2D eigenvalue weighted by molar-refractivity contribution is 0.332. The molecule has 0 bridgehead atoms. The van der Waals surface area contributed by atoms with Crippen LogP contribution in [0.4, 0.5) is 0 Å². The molecule has 0 aromatic carbocycles. The first-order chi connectivity index (χ1) is 11.9. The Hall–Kier alpha value is -0.860. The maximum atomic E-state index is 4.33. The second-order valence-corrected chi connectivity index (χ2v) is 7.14. The van der Waals surface area contributed by atoms with Gasteiger partial charge in [0, 0.05) is 26.6 Å². The average Bonchev–Trinajstić information content (AvgIpc) is 3.05. The minimum atomic E-state index is 0. The number of aromatic nitrogens is 3. The summed E-state index contributed by atoms with van der Waals surface area (Å²) in [6, 6.07) is 0. The van der Waals surface area contributed by atoms with Crippen LogP contribution >= 0.6 is 24.0 Å². The molecule has 0 radical (unpaired) electrons. The number of halogens is 1. The van der Waals surface area contributed by atoms with Gasteiger partial charge in [0.2, 0.25) is 0 Å². The number of hydrogen-bond donors (Lipinski definition) is 2. The predicted molar refractivity (Wildman–Crippen MR) is 112 cm³/mol. The van der Waals surface area contributed by atoms with E-state index < -0.39 is 0 Å². The third-order valence-corrected chi connectivity index (χ3v) is 5.38. The van der Waals surface area contributed by atoms with Crippen molar-refractivity contribution >= 4 is 29.9 Å². The lowest BCUT2D eigenvalue weighted by Crippen LogP contribution is -2.38. The Bertz CT molecular complexity index is 536. The van der Waals surface area contributed by atoms with Gasteiger partial charge in [-0.15, -0.1) is 34.2 Å². The highest BCUT2D eigenvalue weighted by Gasteiger charge is 2.16. The zero-order chi connectivity index (χ0) is 16.6. The predicted octanol–water partition coefficient (Wildman–Crippen LogP) is 3.26. The van der Waals surface area contributed by atoms with E-state index in [4.69, 9.17) is 0 Å². The molecule has 3 rings (SSSR count). The van der Waals surface area contributed by atoms with E-state index in [1.165, 1.54) is 57.8 Å². The van der Waals surface area contributed by atoms with Crippen molar-refractivity contribution in [2.24, 2.45) is 10.9 Å². The van der Waals surface area contributed by atoms with Crippen molar-refractivity contribution in [1.82, 2.24) is 25.4 Å². The van der Waals surface area contributed by atoms with Crippen molar-refractivity contribution < 1.29 is 0 Å². The maximum Gasteiger partial charge on any atom is 0.191 e. The van der Waals surface area contributed by atoms with Crippen LogP contribution in [-0.2, 0) is 19.5 Å². The first-order valence-electron chi connectivity index (χ1n) is 9.72. The van der Waals surface area contributed by atoms with Crippen LogP contribution in [0.3, 0.4) is 0 Å². The van der Waals surface area contributed by atoms with Crippen molar-refractivity contribution in [3.63, 3.8) is 0 Å². The molecular weight excluding hydrogens is 427 g/mol. The summed E-state index contributed by atoms with van der Waals surface area (Å²) in [5.74, 6) is 3.98. The van der Waals surface area contributed by atoms with Crippen LogP contribution in [0.15, 0.2) is 4.99 Å². The van der Waals surface area contributed by atoms with Gasteiger partial charge in [-0.05, 0) is 31.6 Å². The van der Waals surface area contributed by atoms with Gasteiger partial charge < -0.3 is 15.2 Å². The summed E-state index contributed by atoms with van der Waals surface area (Å²) in [5.41, 5.74) is 0. The van der Waals surface area contributed by atoms with Crippen molar-refractivity contribution in [2.45, 2.75) is 77.3 Å². The van der Waals surface area contributed by atoms with Gasteiger partial charge in [-0.2, -0.15) is 0 Å². The van der Waals surface area contributed by atoms with E-state index in [0.717, 1.165) is 43.0 Å². The van der Waals surface area contributed by atoms with Gasteiger partial charge in [-0.25, -0.2) is 0 Å². The molecular formula is C18H33IN6. The molecule has 0 amide bonds. The molecule has 0 saturated heterocycles. The molecule has 1 aromatic heterocycles. The minimum Gasteiger partial charge on any atom is -0.356 e. The number of rotatable bonds is 6. The van der Waals surface area contributed by atoms with Crippen molar-refractivity contribution in [3.05, 3.63) is 11.6 Å². The highest BCUT2D eigenvalue weighted by molar-refractivity contribution is 14.0. The van der Waals surface area contributed by atoms with Crippen molar-refractivity contribution in [3.8, 4) is 0 Å². The van der Waals surface area contributed by atoms with E-state index in [0.29, 0.717) is 6.54 Å². The second-order valence-electron chi connectivity index (χ2n) is 7.14. The largest absolute Gasteiger partial charge is 0.356 e. The van der Waals surface area contributed by atoms with E-state index >= 15 is 0 Å². The molecule has 2 aliphatic rings. The van der Waals surface area contributed by atoms with Crippen LogP contribution in [-0.4, -0.2) is 34.3 Å². The molecule has 0 atom stereocenters. The highest BCUT2D eigenvalue weighted by Crippen LogP contribution is 2.26. The molecule has 1 fully saturated rings. The summed E-state index contributed by atoms with van der Waals surface area (Å²) in [6.45, 7) is 2.73. The fourth-order valence-electron chi connectivity index (χ4n) is 3.96. The van der Waals surface area contributed by atoms with Gasteiger partial charge in [-0.1, -0.05) is 32.1 Å². The van der Waals surface area contributed by atoms with Gasteiger partial charge in [-0.3, -0.25) is 4.99 Å². The molecule has 1 saturated carbocycles. The van der Waals surface area contributed by atoms with Gasteiger partial charge in [0.25, 0.3) is 0 Å². The summed E-state index contributed by atoms with van der Waals surface area (Å²) in [4.78, 5) is 4.32. The number of nitrogens with one attached hydrogen (secondary N) is 2. The minimum absolute atomic E-state index is 0. The Balaban J connectivity index is 0.00000225. The number of aryl methyl sites for hydroxylation is 1. The molecule has 25 heavy (non-hydrogen) atoms. The normalized spacial score (nSPS) is 18.4. The van der Waals surface area contributed by atoms with Crippen LogP contribution in [0.1, 0.15) is 69.4 Å². The molecule has 7 heteroatoms. The van der Waals surface area contributed by atoms with Gasteiger partial charge in [0.1, 0.15) is 5.82 Å². The molecule has 1 aromatic rings. The Labute approximate surface area is 168 Å². The van der Waals surface area contributed by atoms with Crippen molar-refractivity contribution in [2.75, 3.05) is 13.6 Å². The zero-order valence-corrected chi connectivity index (χ0v) is 17.8. The van der Waals surface area contributed by atoms with E-state index in [1.807, 2.05) is 7.05 Å². The van der Waals surface area contributed by atoms with Gasteiger partial charge in [0.05, 0.1) is 6.54 Å². The molecule has 1 aliphatic heterocycles. The standard InChI is InChI=1S/C18H32N6.HI/c1-19-18(20-12-7-10-15-8-3-2-4-9-15)21-14-17-23-22-16-11-5-6-13-24(16)17;/h15H,2-14H2,1H3,(H2,19,20,21);1H. The summed E-state index contributed by atoms with van der Waals surface area (Å²) in [5, 5.41) is 15.4. The zero-order valence-electron chi connectivity index (χ0n) is 15.5. The average molecular weight is 460 g/mol. The number of hydrogen-bond acceptors (Lipinski definition) is 3. The summed E-state index contributed by atoms with van der Waals surface area (Å²) >= 11 is 0. The third-order valence-electron chi connectivity index (χ3n) is 5.38. The Kier molecular flexibility index (Phi) is 8.98. The van der Waals surface area contributed by atoms with E-state index in [2.05, 4.69) is 30.4 Å². The SMILES string of the molecule is CN=C(NCCCC1CCCCC1)NCc1nnc2n1CCCC2.I. The van der Waals surface area contributed by atoms with E-state index in [-0.39, 0.29) is 24.0 Å². The molecule has 142 valence electrons. The Morgan fingerprint density at radius 1 is 1.12 bits per heavy atom. The number of aliphatic imine (C=N–C) groups is 1. The highest BCUT2D eigenvalue weighted by atomic mass is 127. The Morgan fingerprint density at radius 2 is 1.96 bits per heavy atom. The smallest absolute Gasteiger partial charge is 0.191 e. The molecule has 0 spiro atoms. The third kappa shape index (κ3) is 6.11. The monoisotopic (exact) mass is 460 g/mol. The van der Waals surface area contributed by atoms with Gasteiger partial charge in [0.15, 0.2) is 11.8 Å². The first kappa shape index (κ1) is 20.5. The van der Waals surface area contributed by atoms with Gasteiger partial charge >= 0.3 is 0 Å². The molecule has 0 unspecified atom stereocenters. The maximum absolute atomic E-state index is 4.33. The quantitative estimate of drug-likeness (QED) is 0.296. The molecule has 2 heterocycles. The molecule has 1 aliphatic carbocycles. The molecule has 2 N–H and O–H groups in total. The van der Waals surface area contributed by atoms with E-state index in [1.54, 1.807) is 0 Å². The van der Waals surface area contributed by atoms with Crippen LogP contribution in [0.25, 0.3) is 0 Å². The number of nitrogens with zero attached hydrogens (tertiary/aromatic N) is 4. The molecule has 6 nitrogen and oxygen atoms in total. The topological polar surface area (TPSA) is 67.1 Å². The summed E-state index contributed by atoms with van der Waals surface area (Å²) in [6.07, 6.45) is 13.3. The van der Waals surface area contributed by atoms with Crippen molar-refractivity contribution in [1.29, 1.82) is 0 Å². The van der Waals surface area contributed by atoms with Crippen LogP contribution in [0.2, 0.25) is 0 Å². The number of fused-ring (bicyclic) bond motifs is 1. The summed E-state index contributed by atoms with van der Waals surface area (Å²) < 4.78 is 2.26. The second kappa shape index (κ2) is 11.0. The first-order valence-corrected chi connectivity index (χ1v) is 9.72. The van der Waals surface area contributed by atoms with E-state index in [9.17, 15) is 0 Å². The summed E-state index contributed by atoms with van der Waals surface area (Å²) in [7, 11) is 1.83. The fraction of sp³-hybridized carbons (Fsp3) is 0.833. The lowest BCUT2D eigenvalue weighted by Gasteiger charge is -2.21. The Morgan fingerprint density at radius 3 is 2.76 bits per heavy atom.